The monoisotopic (exact) mass is 380 g/mol. The van der Waals surface area contributed by atoms with E-state index in [1.54, 1.807) is 23.9 Å². The van der Waals surface area contributed by atoms with E-state index in [0.717, 1.165) is 18.6 Å². The van der Waals surface area contributed by atoms with Gasteiger partial charge in [-0.05, 0) is 43.4 Å². The molecule has 1 saturated carbocycles. The van der Waals surface area contributed by atoms with Gasteiger partial charge in [0.2, 0.25) is 11.8 Å². The molecule has 0 bridgehead atoms. The Morgan fingerprint density at radius 2 is 2.04 bits per heavy atom. The summed E-state index contributed by atoms with van der Waals surface area (Å²) in [6.07, 6.45) is 6.03. The fourth-order valence-electron chi connectivity index (χ4n) is 1.73. The van der Waals surface area contributed by atoms with Gasteiger partial charge in [0.1, 0.15) is 5.82 Å². The number of aromatic nitrogens is 1. The van der Waals surface area contributed by atoms with E-state index in [-0.39, 0.29) is 42.5 Å². The van der Waals surface area contributed by atoms with Gasteiger partial charge in [0.05, 0.1) is 17.9 Å². The topological polar surface area (TPSA) is 97.1 Å². The van der Waals surface area contributed by atoms with Crippen LogP contribution in [0.25, 0.3) is 0 Å². The minimum absolute atomic E-state index is 0. The number of nitrogens with one attached hydrogen (secondary N) is 2. The molecule has 1 aromatic rings. The summed E-state index contributed by atoms with van der Waals surface area (Å²) in [6.45, 7) is 0. The number of carbonyl (C=O) groups excluding carboxylic acids is 2. The number of rotatable bonds is 7. The number of hydrogen-bond donors (Lipinski definition) is 3. The Kier molecular flexibility index (Phi) is 10.2. The molecule has 0 saturated heterocycles. The lowest BCUT2D eigenvalue weighted by atomic mass is 10.2. The van der Waals surface area contributed by atoms with Gasteiger partial charge in [-0.3, -0.25) is 9.59 Å². The lowest BCUT2D eigenvalue weighted by molar-refractivity contribution is -0.118. The maximum Gasteiger partial charge on any atom is 0.241 e. The van der Waals surface area contributed by atoms with E-state index in [9.17, 15) is 9.59 Å². The van der Waals surface area contributed by atoms with Crippen molar-refractivity contribution in [3.8, 4) is 0 Å². The lowest BCUT2D eigenvalue weighted by Gasteiger charge is -2.11. The predicted octanol–water partition coefficient (Wildman–Crippen LogP) is 2.29. The molecule has 1 aliphatic carbocycles. The summed E-state index contributed by atoms with van der Waals surface area (Å²) in [5, 5.41) is 5.46. The van der Waals surface area contributed by atoms with E-state index in [2.05, 4.69) is 15.6 Å². The van der Waals surface area contributed by atoms with Crippen LogP contribution in [-0.2, 0) is 9.59 Å². The lowest BCUT2D eigenvalue weighted by Crippen LogP contribution is -2.36. The zero-order valence-corrected chi connectivity index (χ0v) is 15.2. The van der Waals surface area contributed by atoms with E-state index >= 15 is 0 Å². The van der Waals surface area contributed by atoms with Gasteiger partial charge in [-0.2, -0.15) is 11.8 Å². The van der Waals surface area contributed by atoms with Crippen LogP contribution >= 0.6 is 36.6 Å². The number of carbonyl (C=O) groups is 2. The van der Waals surface area contributed by atoms with Crippen LogP contribution in [0.5, 0.6) is 0 Å². The van der Waals surface area contributed by atoms with Gasteiger partial charge in [-0.25, -0.2) is 4.98 Å². The molecule has 0 aromatic carbocycles. The van der Waals surface area contributed by atoms with Gasteiger partial charge in [0, 0.05) is 5.92 Å². The van der Waals surface area contributed by atoms with Crippen LogP contribution in [0.2, 0.25) is 0 Å². The highest BCUT2D eigenvalue weighted by molar-refractivity contribution is 7.98. The Bertz CT molecular complexity index is 512. The third-order valence-electron chi connectivity index (χ3n) is 3.20. The Balaban J connectivity index is 0.00000242. The molecule has 1 atom stereocenters. The first-order valence-electron chi connectivity index (χ1n) is 6.92. The molecule has 9 heteroatoms. The maximum absolute atomic E-state index is 11.8. The third-order valence-corrected chi connectivity index (χ3v) is 3.84. The summed E-state index contributed by atoms with van der Waals surface area (Å²) >= 11 is 1.66. The van der Waals surface area contributed by atoms with Gasteiger partial charge < -0.3 is 16.4 Å². The predicted molar refractivity (Wildman–Crippen MR) is 99.7 cm³/mol. The number of halogens is 2. The molecule has 0 radical (unpaired) electrons. The van der Waals surface area contributed by atoms with Gasteiger partial charge in [0.15, 0.2) is 0 Å². The van der Waals surface area contributed by atoms with Gasteiger partial charge in [-0.15, -0.1) is 24.8 Å². The van der Waals surface area contributed by atoms with Crippen molar-refractivity contribution < 1.29 is 9.59 Å². The molecular weight excluding hydrogens is 359 g/mol. The van der Waals surface area contributed by atoms with Crippen LogP contribution in [0.15, 0.2) is 18.3 Å². The van der Waals surface area contributed by atoms with Crippen LogP contribution < -0.4 is 16.4 Å². The van der Waals surface area contributed by atoms with Crippen molar-refractivity contribution in [1.29, 1.82) is 0 Å². The van der Waals surface area contributed by atoms with Crippen LogP contribution in [0, 0.1) is 5.92 Å². The molecule has 1 aliphatic rings. The van der Waals surface area contributed by atoms with Crippen molar-refractivity contribution in [1.82, 2.24) is 4.98 Å². The van der Waals surface area contributed by atoms with Crippen molar-refractivity contribution in [3.63, 3.8) is 0 Å². The number of nitrogens with zero attached hydrogens (tertiary/aromatic N) is 1. The Labute approximate surface area is 152 Å². The van der Waals surface area contributed by atoms with Crippen LogP contribution in [0.4, 0.5) is 11.5 Å². The maximum atomic E-state index is 11.8. The molecule has 6 nitrogen and oxygen atoms in total. The Morgan fingerprint density at radius 3 is 2.57 bits per heavy atom. The van der Waals surface area contributed by atoms with Crippen LogP contribution in [-0.4, -0.2) is 34.8 Å². The van der Waals surface area contributed by atoms with Crippen LogP contribution in [0.3, 0.4) is 0 Å². The normalized spacial score (nSPS) is 14.0. The summed E-state index contributed by atoms with van der Waals surface area (Å²) in [7, 11) is 0. The van der Waals surface area contributed by atoms with Crippen molar-refractivity contribution in [2.45, 2.75) is 25.3 Å². The first-order valence-corrected chi connectivity index (χ1v) is 8.32. The highest BCUT2D eigenvalue weighted by Gasteiger charge is 2.29. The Hall–Kier alpha value is -1.02. The molecule has 0 aliphatic heterocycles. The number of pyridine rings is 1. The van der Waals surface area contributed by atoms with Gasteiger partial charge >= 0.3 is 0 Å². The first kappa shape index (κ1) is 22.0. The van der Waals surface area contributed by atoms with Crippen molar-refractivity contribution in [2.75, 3.05) is 22.6 Å². The summed E-state index contributed by atoms with van der Waals surface area (Å²) < 4.78 is 0. The van der Waals surface area contributed by atoms with Gasteiger partial charge in [-0.1, -0.05) is 0 Å². The average Bonchev–Trinajstić information content (AvgIpc) is 3.31. The SMILES string of the molecule is CSCC[C@H](N)C(=O)Nc1ccc(NC(=O)C2CC2)nc1.Cl.Cl. The largest absolute Gasteiger partial charge is 0.323 e. The summed E-state index contributed by atoms with van der Waals surface area (Å²) in [4.78, 5) is 27.5. The van der Waals surface area contributed by atoms with E-state index in [4.69, 9.17) is 5.73 Å². The minimum atomic E-state index is -0.522. The summed E-state index contributed by atoms with van der Waals surface area (Å²) in [5.41, 5.74) is 6.36. The zero-order valence-electron chi connectivity index (χ0n) is 12.8. The molecule has 130 valence electrons. The van der Waals surface area contributed by atoms with E-state index in [1.807, 2.05) is 6.26 Å². The molecule has 1 fully saturated rings. The molecule has 1 heterocycles. The van der Waals surface area contributed by atoms with Crippen molar-refractivity contribution in [3.05, 3.63) is 18.3 Å². The fraction of sp³-hybridized carbons (Fsp3) is 0.500. The second-order valence-corrected chi connectivity index (χ2v) is 6.06. The molecule has 0 spiro atoms. The number of hydrogen-bond acceptors (Lipinski definition) is 5. The minimum Gasteiger partial charge on any atom is -0.323 e. The molecule has 23 heavy (non-hydrogen) atoms. The van der Waals surface area contributed by atoms with Gasteiger partial charge in [0.25, 0.3) is 0 Å². The summed E-state index contributed by atoms with van der Waals surface area (Å²) in [6, 6.07) is 2.85. The molecule has 4 N–H and O–H groups in total. The van der Waals surface area contributed by atoms with E-state index in [1.165, 1.54) is 6.20 Å². The van der Waals surface area contributed by atoms with Crippen molar-refractivity contribution >= 4 is 59.9 Å². The first-order chi connectivity index (χ1) is 10.1. The zero-order chi connectivity index (χ0) is 15.2. The second-order valence-electron chi connectivity index (χ2n) is 5.07. The molecule has 2 amide bonds. The Morgan fingerprint density at radius 1 is 1.35 bits per heavy atom. The van der Waals surface area contributed by atoms with Crippen LogP contribution in [0.1, 0.15) is 19.3 Å². The average molecular weight is 381 g/mol. The molecule has 1 aromatic heterocycles. The third kappa shape index (κ3) is 7.39. The number of nitrogens with two attached hydrogens (primary N) is 1. The quantitative estimate of drug-likeness (QED) is 0.673. The molecule has 2 rings (SSSR count). The highest BCUT2D eigenvalue weighted by atomic mass is 35.5. The molecule has 0 unspecified atom stereocenters. The fourth-order valence-corrected chi connectivity index (χ4v) is 2.22. The number of thioether (sulfide) groups is 1. The highest BCUT2D eigenvalue weighted by Crippen LogP contribution is 2.29. The smallest absolute Gasteiger partial charge is 0.241 e. The van der Waals surface area contributed by atoms with E-state index < -0.39 is 6.04 Å². The standard InChI is InChI=1S/C14H20N4O2S.2ClH/c1-21-7-6-11(15)14(20)17-10-4-5-12(16-8-10)18-13(19)9-2-3-9;;/h4-5,8-9,11H,2-3,6-7,15H2,1H3,(H,17,20)(H,16,18,19);2*1H/t11-;;/m0../s1. The molecular formula is C14H22Cl2N4O2S. The van der Waals surface area contributed by atoms with E-state index in [0.29, 0.717) is 17.9 Å². The number of amides is 2. The second kappa shape index (κ2) is 10.7. The van der Waals surface area contributed by atoms with Crippen molar-refractivity contribution in [2.24, 2.45) is 11.7 Å². The number of anilines is 2. The summed E-state index contributed by atoms with van der Waals surface area (Å²) in [5.74, 6) is 1.27.